The lowest BCUT2D eigenvalue weighted by Gasteiger charge is -2.29. The van der Waals surface area contributed by atoms with E-state index in [9.17, 15) is 2.74 Å². The molecule has 1 aromatic heterocycles. The number of anilines is 3. The summed E-state index contributed by atoms with van der Waals surface area (Å²) in [6.45, 7) is 0. The third-order valence-electron chi connectivity index (χ3n) is 9.71. The van der Waals surface area contributed by atoms with E-state index in [1.54, 1.807) is 11.3 Å². The van der Waals surface area contributed by atoms with E-state index in [-0.39, 0.29) is 29.9 Å². The normalized spacial score (nSPS) is 13.0. The number of hydrogen-bond donors (Lipinski definition) is 0. The Morgan fingerprint density at radius 3 is 2.00 bits per heavy atom. The molecule has 0 spiro atoms. The van der Waals surface area contributed by atoms with Gasteiger partial charge in [-0.3, -0.25) is 0 Å². The van der Waals surface area contributed by atoms with Crippen LogP contribution in [0.3, 0.4) is 0 Å². The maximum atomic E-state index is 9.27. The number of benzene rings is 9. The van der Waals surface area contributed by atoms with Gasteiger partial charge in [-0.1, -0.05) is 139 Å². The van der Waals surface area contributed by atoms with Crippen molar-refractivity contribution in [1.82, 2.24) is 0 Å². The lowest BCUT2D eigenvalue weighted by Crippen LogP contribution is -2.11. The lowest BCUT2D eigenvalue weighted by atomic mass is 9.90. The predicted molar refractivity (Wildman–Crippen MR) is 217 cm³/mol. The number of thiophene rings is 1. The predicted octanol–water partition coefficient (Wildman–Crippen LogP) is 14.3. The van der Waals surface area contributed by atoms with Crippen LogP contribution >= 0.6 is 11.3 Å². The van der Waals surface area contributed by atoms with Gasteiger partial charge in [0.15, 0.2) is 0 Å². The molecule has 0 saturated heterocycles. The van der Waals surface area contributed by atoms with E-state index in [4.69, 9.17) is 4.11 Å². The monoisotopic (exact) mass is 658 g/mol. The van der Waals surface area contributed by atoms with Gasteiger partial charge in [-0.05, 0) is 97.5 Å². The molecule has 1 heterocycles. The highest BCUT2D eigenvalue weighted by Crippen LogP contribution is 2.47. The first kappa shape index (κ1) is 24.0. The van der Waals surface area contributed by atoms with Gasteiger partial charge >= 0.3 is 0 Å². The van der Waals surface area contributed by atoms with Crippen LogP contribution in [0.15, 0.2) is 188 Å². The Morgan fingerprint density at radius 2 is 1.10 bits per heavy atom. The zero-order chi connectivity index (χ0) is 37.4. The van der Waals surface area contributed by atoms with Crippen LogP contribution < -0.4 is 4.90 Å². The third kappa shape index (κ3) is 4.76. The summed E-state index contributed by atoms with van der Waals surface area (Å²) in [7, 11) is 0. The number of hydrogen-bond acceptors (Lipinski definition) is 2. The Morgan fingerprint density at radius 1 is 0.420 bits per heavy atom. The van der Waals surface area contributed by atoms with Gasteiger partial charge in [-0.2, -0.15) is 0 Å². The molecule has 0 fully saturated rings. The molecule has 0 aliphatic carbocycles. The molecule has 0 N–H and O–H groups in total. The van der Waals surface area contributed by atoms with E-state index in [2.05, 4.69) is 115 Å². The first-order valence-electron chi connectivity index (χ1n) is 19.2. The average molecular weight is 659 g/mol. The van der Waals surface area contributed by atoms with E-state index in [0.717, 1.165) is 54.6 Å². The number of rotatable bonds is 5. The summed E-state index contributed by atoms with van der Waals surface area (Å²) < 4.78 is 46.9. The summed E-state index contributed by atoms with van der Waals surface area (Å²) in [5.74, 6) is 0. The topological polar surface area (TPSA) is 3.24 Å². The van der Waals surface area contributed by atoms with Crippen molar-refractivity contribution in [3.63, 3.8) is 0 Å². The highest BCUT2D eigenvalue weighted by atomic mass is 32.1. The van der Waals surface area contributed by atoms with Crippen LogP contribution in [0.2, 0.25) is 0 Å². The minimum absolute atomic E-state index is 0.0882. The van der Waals surface area contributed by atoms with Crippen LogP contribution in [-0.4, -0.2) is 0 Å². The van der Waals surface area contributed by atoms with Crippen LogP contribution in [0.25, 0.3) is 74.7 Å². The van der Waals surface area contributed by atoms with Crippen LogP contribution in [-0.2, 0) is 0 Å². The molecule has 0 radical (unpaired) electrons. The largest absolute Gasteiger partial charge is 0.310 e. The molecule has 0 unspecified atom stereocenters. The van der Waals surface area contributed by atoms with Crippen molar-refractivity contribution in [3.8, 4) is 22.3 Å². The Balaban J connectivity index is 1.30. The highest BCUT2D eigenvalue weighted by molar-refractivity contribution is 7.25. The minimum Gasteiger partial charge on any atom is -0.310 e. The van der Waals surface area contributed by atoms with Crippen LogP contribution in [0.5, 0.6) is 0 Å². The van der Waals surface area contributed by atoms with Crippen molar-refractivity contribution in [2.75, 3.05) is 4.90 Å². The number of nitrogens with zero attached hydrogens (tertiary/aromatic N) is 1. The van der Waals surface area contributed by atoms with Crippen molar-refractivity contribution in [2.45, 2.75) is 0 Å². The molecule has 10 rings (SSSR count). The summed E-state index contributed by atoms with van der Waals surface area (Å²) in [6.07, 6.45) is 0. The standard InChI is InChI=1S/C48H31NS/c1-2-14-38(15-3-1)49(39-26-28-41-35(30-39)23-22-33-12-6-7-16-40(33)41)45-19-10-18-42(48(45)37-24-21-32-11-4-5-13-34(32)29-37)36-25-27-44-43-17-8-9-20-46(43)50-47(44)31-36/h1-31H/i1D,2D,3D,14D,15D. The summed E-state index contributed by atoms with van der Waals surface area (Å²) >= 11 is 1.77. The maximum absolute atomic E-state index is 9.27. The van der Waals surface area contributed by atoms with Crippen molar-refractivity contribution < 1.29 is 6.85 Å². The second-order valence-electron chi connectivity index (χ2n) is 12.6. The summed E-state index contributed by atoms with van der Waals surface area (Å²) in [5, 5.41) is 8.93. The minimum atomic E-state index is -0.427. The van der Waals surface area contributed by atoms with Gasteiger partial charge in [0.1, 0.15) is 0 Å². The van der Waals surface area contributed by atoms with Gasteiger partial charge in [0.25, 0.3) is 0 Å². The second-order valence-corrected chi connectivity index (χ2v) is 13.7. The average Bonchev–Trinajstić information content (AvgIpc) is 3.61. The smallest absolute Gasteiger partial charge is 0.0645 e. The molecule has 0 atom stereocenters. The second kappa shape index (κ2) is 11.7. The summed E-state index contributed by atoms with van der Waals surface area (Å²) in [6, 6.07) is 52.7. The van der Waals surface area contributed by atoms with Gasteiger partial charge in [0.2, 0.25) is 0 Å². The van der Waals surface area contributed by atoms with Gasteiger partial charge in [-0.25, -0.2) is 0 Å². The van der Waals surface area contributed by atoms with Crippen molar-refractivity contribution in [1.29, 1.82) is 0 Å². The maximum Gasteiger partial charge on any atom is 0.0645 e. The molecule has 234 valence electrons. The summed E-state index contributed by atoms with van der Waals surface area (Å²) in [4.78, 5) is 1.86. The van der Waals surface area contributed by atoms with Crippen molar-refractivity contribution in [3.05, 3.63) is 188 Å². The Hall–Kier alpha value is -6.22. The zero-order valence-electron chi connectivity index (χ0n) is 31.9. The van der Waals surface area contributed by atoms with Crippen molar-refractivity contribution >= 4 is 80.9 Å². The molecule has 0 aliphatic rings. The quantitative estimate of drug-likeness (QED) is 0.166. The molecular formula is C48H31NS. The fraction of sp³-hybridized carbons (Fsp3) is 0. The van der Waals surface area contributed by atoms with Gasteiger partial charge in [-0.15, -0.1) is 11.3 Å². The summed E-state index contributed by atoms with van der Waals surface area (Å²) in [5.41, 5.74) is 5.30. The van der Waals surface area contributed by atoms with Gasteiger partial charge in [0, 0.05) is 37.1 Å². The fourth-order valence-corrected chi connectivity index (χ4v) is 8.54. The molecule has 1 nitrogen and oxygen atoms in total. The van der Waals surface area contributed by atoms with Crippen LogP contribution in [0.1, 0.15) is 6.85 Å². The van der Waals surface area contributed by atoms with E-state index in [1.807, 2.05) is 47.4 Å². The molecule has 0 amide bonds. The molecule has 50 heavy (non-hydrogen) atoms. The first-order chi connectivity index (χ1) is 26.9. The molecule has 10 aromatic rings. The number of para-hydroxylation sites is 1. The highest BCUT2D eigenvalue weighted by Gasteiger charge is 2.22. The van der Waals surface area contributed by atoms with Gasteiger partial charge in [0.05, 0.1) is 12.5 Å². The molecule has 0 aliphatic heterocycles. The first-order valence-corrected chi connectivity index (χ1v) is 17.5. The van der Waals surface area contributed by atoms with Crippen LogP contribution in [0, 0.1) is 0 Å². The Bertz CT molecular complexity index is 3160. The fourth-order valence-electron chi connectivity index (χ4n) is 7.39. The number of fused-ring (bicyclic) bond motifs is 7. The molecule has 9 aromatic carbocycles. The van der Waals surface area contributed by atoms with E-state index >= 15 is 0 Å². The van der Waals surface area contributed by atoms with E-state index < -0.39 is 6.04 Å². The van der Waals surface area contributed by atoms with Crippen LogP contribution in [0.4, 0.5) is 17.1 Å². The third-order valence-corrected chi connectivity index (χ3v) is 10.8. The molecular weight excluding hydrogens is 623 g/mol. The molecule has 0 bridgehead atoms. The van der Waals surface area contributed by atoms with E-state index in [1.165, 1.54) is 20.2 Å². The molecule has 0 saturated carbocycles. The van der Waals surface area contributed by atoms with Gasteiger partial charge < -0.3 is 4.90 Å². The van der Waals surface area contributed by atoms with Crippen molar-refractivity contribution in [2.24, 2.45) is 0 Å². The zero-order valence-corrected chi connectivity index (χ0v) is 27.7. The van der Waals surface area contributed by atoms with E-state index in [0.29, 0.717) is 11.4 Å². The Labute approximate surface area is 301 Å². The SMILES string of the molecule is [2H]c1c([2H])c([2H])c(N(c2ccc3c(ccc4ccccc43)c2)c2cccc(-c3ccc4c(c3)sc3ccccc34)c2-c2ccc3ccccc3c2)c([2H])c1[2H]. The lowest BCUT2D eigenvalue weighted by molar-refractivity contribution is 1.29. The molecule has 2 heteroatoms. The Kier molecular flexibility index (Phi) is 5.63.